The number of halogens is 2. The first-order chi connectivity index (χ1) is 17.7. The van der Waals surface area contributed by atoms with Gasteiger partial charge in [0.25, 0.3) is 0 Å². The highest BCUT2D eigenvalue weighted by molar-refractivity contribution is 7.92. The average Bonchev–Trinajstić information content (AvgIpc) is 2.82. The van der Waals surface area contributed by atoms with Gasteiger partial charge in [-0.25, -0.2) is 8.42 Å². The number of carbonyl (C=O) groups excluding carboxylic acids is 2. The predicted molar refractivity (Wildman–Crippen MR) is 149 cm³/mol. The van der Waals surface area contributed by atoms with Crippen LogP contribution in [-0.2, 0) is 26.2 Å². The van der Waals surface area contributed by atoms with Crippen molar-refractivity contribution in [1.82, 2.24) is 10.2 Å². The van der Waals surface area contributed by atoms with Gasteiger partial charge in [0, 0.05) is 33.8 Å². The maximum absolute atomic E-state index is 13.9. The highest BCUT2D eigenvalue weighted by Crippen LogP contribution is 2.35. The number of rotatable bonds is 9. The summed E-state index contributed by atoms with van der Waals surface area (Å²) >= 11 is 12.8. The number of anilines is 1. The third-order valence-corrected chi connectivity index (χ3v) is 7.62. The van der Waals surface area contributed by atoms with Crippen molar-refractivity contribution in [3.63, 3.8) is 0 Å². The number of nitrogens with zero attached hydrogens (tertiary/aromatic N) is 2. The van der Waals surface area contributed by atoms with Gasteiger partial charge >= 0.3 is 0 Å². The van der Waals surface area contributed by atoms with Crippen molar-refractivity contribution in [2.45, 2.75) is 52.2 Å². The quantitative estimate of drug-likeness (QED) is 0.471. The third kappa shape index (κ3) is 7.45. The van der Waals surface area contributed by atoms with Crippen LogP contribution in [0.3, 0.4) is 0 Å². The molecular weight excluding hydrogens is 553 g/mol. The summed E-state index contributed by atoms with van der Waals surface area (Å²) < 4.78 is 37.8. The molecular formula is C26H33Cl2N3O6S. The van der Waals surface area contributed by atoms with E-state index in [0.717, 1.165) is 10.6 Å². The van der Waals surface area contributed by atoms with E-state index in [1.807, 2.05) is 20.8 Å². The molecule has 0 fully saturated rings. The smallest absolute Gasteiger partial charge is 0.244 e. The third-order valence-electron chi connectivity index (χ3n) is 5.77. The molecule has 0 spiro atoms. The number of benzene rings is 2. The van der Waals surface area contributed by atoms with Gasteiger partial charge < -0.3 is 19.7 Å². The first-order valence-electron chi connectivity index (χ1n) is 12.1. The summed E-state index contributed by atoms with van der Waals surface area (Å²) in [5.74, 6) is -0.107. The van der Waals surface area contributed by atoms with Gasteiger partial charge in [-0.15, -0.1) is 0 Å². The summed E-state index contributed by atoms with van der Waals surface area (Å²) in [4.78, 5) is 28.5. The van der Waals surface area contributed by atoms with Crippen LogP contribution in [0.5, 0.6) is 11.5 Å². The summed E-state index contributed by atoms with van der Waals surface area (Å²) in [6, 6.07) is 8.70. The number of ether oxygens (including phenoxy) is 2. The molecule has 0 aliphatic carbocycles. The van der Waals surface area contributed by atoms with E-state index < -0.39 is 34.1 Å². The van der Waals surface area contributed by atoms with E-state index in [2.05, 4.69) is 5.32 Å². The lowest BCUT2D eigenvalue weighted by atomic mass is 10.1. The van der Waals surface area contributed by atoms with Crippen LogP contribution in [-0.4, -0.2) is 62.7 Å². The maximum Gasteiger partial charge on any atom is 0.244 e. The summed E-state index contributed by atoms with van der Waals surface area (Å²) in [5.41, 5.74) is 0.134. The fourth-order valence-electron chi connectivity index (χ4n) is 4.03. The molecule has 2 aromatic carbocycles. The Hall–Kier alpha value is -2.69. The van der Waals surface area contributed by atoms with Gasteiger partial charge in [0.05, 0.1) is 11.9 Å². The van der Waals surface area contributed by atoms with Crippen molar-refractivity contribution < 1.29 is 27.5 Å². The fourth-order valence-corrected chi connectivity index (χ4v) is 5.39. The van der Waals surface area contributed by atoms with Gasteiger partial charge in [-0.1, -0.05) is 36.2 Å². The number of fused-ring (bicyclic) bond motifs is 1. The first-order valence-corrected chi connectivity index (χ1v) is 14.7. The van der Waals surface area contributed by atoms with Gasteiger partial charge in [0.1, 0.15) is 25.8 Å². The Balaban J connectivity index is 2.01. The van der Waals surface area contributed by atoms with Gasteiger partial charge in [0.15, 0.2) is 11.5 Å². The van der Waals surface area contributed by atoms with E-state index in [1.165, 1.54) is 11.0 Å². The molecule has 1 unspecified atom stereocenters. The lowest BCUT2D eigenvalue weighted by Gasteiger charge is -2.35. The Labute approximate surface area is 234 Å². The molecule has 0 aromatic heterocycles. The standard InChI is InChI=1S/C26H33Cl2N3O6S/c1-6-21(25(33)29-26(2,3)4)30(15-18-19(27)8-7-9-20(18)28)24(32)16-31(38(5,34)35)17-10-11-22-23(14-17)37-13-12-36-22/h7-11,14,21H,6,12-13,15-16H2,1-5H3,(H,29,33). The van der Waals surface area contributed by atoms with Crippen molar-refractivity contribution in [2.75, 3.05) is 30.3 Å². The second kappa shape index (κ2) is 12.0. The van der Waals surface area contributed by atoms with Crippen LogP contribution >= 0.6 is 23.2 Å². The molecule has 0 saturated carbocycles. The van der Waals surface area contributed by atoms with Crippen LogP contribution in [0.1, 0.15) is 39.7 Å². The van der Waals surface area contributed by atoms with Crippen LogP contribution in [0.4, 0.5) is 5.69 Å². The molecule has 0 radical (unpaired) electrons. The second-order valence-electron chi connectivity index (χ2n) is 9.98. The molecule has 1 atom stereocenters. The minimum absolute atomic E-state index is 0.0911. The van der Waals surface area contributed by atoms with Crippen molar-refractivity contribution in [2.24, 2.45) is 0 Å². The summed E-state index contributed by atoms with van der Waals surface area (Å²) in [7, 11) is -3.91. The fraction of sp³-hybridized carbons (Fsp3) is 0.462. The number of hydrogen-bond donors (Lipinski definition) is 1. The van der Waals surface area contributed by atoms with E-state index >= 15 is 0 Å². The predicted octanol–water partition coefficient (Wildman–Crippen LogP) is 4.25. The van der Waals surface area contributed by atoms with Crippen molar-refractivity contribution in [3.8, 4) is 11.5 Å². The normalized spacial score (nSPS) is 14.0. The van der Waals surface area contributed by atoms with Crippen LogP contribution in [0.15, 0.2) is 36.4 Å². The number of nitrogens with one attached hydrogen (secondary N) is 1. The Morgan fingerprint density at radius 3 is 2.21 bits per heavy atom. The Kier molecular flexibility index (Phi) is 9.43. The van der Waals surface area contributed by atoms with Gasteiger partial charge in [-0.3, -0.25) is 13.9 Å². The zero-order chi connectivity index (χ0) is 28.3. The van der Waals surface area contributed by atoms with E-state index in [-0.39, 0.29) is 24.6 Å². The number of amides is 2. The van der Waals surface area contributed by atoms with Gasteiger partial charge in [-0.2, -0.15) is 0 Å². The minimum atomic E-state index is -3.91. The first kappa shape index (κ1) is 29.9. The monoisotopic (exact) mass is 585 g/mol. The molecule has 1 N–H and O–H groups in total. The summed E-state index contributed by atoms with van der Waals surface area (Å²) in [6.45, 7) is 7.34. The molecule has 0 bridgehead atoms. The largest absolute Gasteiger partial charge is 0.486 e. The maximum atomic E-state index is 13.9. The van der Waals surface area contributed by atoms with Crippen molar-refractivity contribution in [3.05, 3.63) is 52.0 Å². The Bertz CT molecular complexity index is 1280. The molecule has 2 aromatic rings. The molecule has 12 heteroatoms. The second-order valence-corrected chi connectivity index (χ2v) is 12.7. The molecule has 9 nitrogen and oxygen atoms in total. The highest BCUT2D eigenvalue weighted by atomic mass is 35.5. The number of carbonyl (C=O) groups is 2. The van der Waals surface area contributed by atoms with E-state index in [4.69, 9.17) is 32.7 Å². The number of sulfonamides is 1. The highest BCUT2D eigenvalue weighted by Gasteiger charge is 2.34. The molecule has 1 aliphatic heterocycles. The lowest BCUT2D eigenvalue weighted by Crippen LogP contribution is -2.55. The average molecular weight is 587 g/mol. The topological polar surface area (TPSA) is 105 Å². The molecule has 0 saturated heterocycles. The van der Waals surface area contributed by atoms with Crippen molar-refractivity contribution in [1.29, 1.82) is 0 Å². The van der Waals surface area contributed by atoms with Crippen LogP contribution in [0, 0.1) is 0 Å². The SMILES string of the molecule is CCC(C(=O)NC(C)(C)C)N(Cc1c(Cl)cccc1Cl)C(=O)CN(c1ccc2c(c1)OCCO2)S(C)(=O)=O. The van der Waals surface area contributed by atoms with E-state index in [0.29, 0.717) is 40.3 Å². The van der Waals surface area contributed by atoms with E-state index in [1.54, 1.807) is 37.3 Å². The molecule has 1 aliphatic rings. The molecule has 38 heavy (non-hydrogen) atoms. The number of hydrogen-bond acceptors (Lipinski definition) is 6. The van der Waals surface area contributed by atoms with Crippen LogP contribution in [0.2, 0.25) is 10.0 Å². The Morgan fingerprint density at radius 1 is 1.05 bits per heavy atom. The molecule has 1 heterocycles. The van der Waals surface area contributed by atoms with Gasteiger partial charge in [0.2, 0.25) is 21.8 Å². The minimum Gasteiger partial charge on any atom is -0.486 e. The van der Waals surface area contributed by atoms with Crippen LogP contribution < -0.4 is 19.1 Å². The van der Waals surface area contributed by atoms with Crippen molar-refractivity contribution >= 4 is 50.7 Å². The Morgan fingerprint density at radius 2 is 1.66 bits per heavy atom. The zero-order valence-electron chi connectivity index (χ0n) is 22.1. The van der Waals surface area contributed by atoms with E-state index in [9.17, 15) is 18.0 Å². The van der Waals surface area contributed by atoms with Gasteiger partial charge in [-0.05, 0) is 51.5 Å². The van der Waals surface area contributed by atoms with Crippen LogP contribution in [0.25, 0.3) is 0 Å². The lowest BCUT2D eigenvalue weighted by molar-refractivity contribution is -0.141. The molecule has 3 rings (SSSR count). The molecule has 2 amide bonds. The zero-order valence-corrected chi connectivity index (χ0v) is 24.4. The summed E-state index contributed by atoms with van der Waals surface area (Å²) in [6.07, 6.45) is 1.29. The summed E-state index contributed by atoms with van der Waals surface area (Å²) in [5, 5.41) is 3.56. The molecule has 208 valence electrons.